The highest BCUT2D eigenvalue weighted by Crippen LogP contribution is 2.39. The van der Waals surface area contributed by atoms with Crippen LogP contribution in [0.3, 0.4) is 0 Å². The molecule has 5 heteroatoms. The van der Waals surface area contributed by atoms with E-state index in [0.717, 1.165) is 0 Å². The molecular formula is C10H16N2O3. The number of carboxylic acids is 1. The summed E-state index contributed by atoms with van der Waals surface area (Å²) in [6, 6.07) is 0. The van der Waals surface area contributed by atoms with Gasteiger partial charge in [-0.2, -0.15) is 4.98 Å². The average molecular weight is 212 g/mol. The van der Waals surface area contributed by atoms with Crippen LogP contribution in [0.1, 0.15) is 51.1 Å². The van der Waals surface area contributed by atoms with Crippen LogP contribution in [0.4, 0.5) is 0 Å². The molecule has 0 aliphatic heterocycles. The Kier molecular flexibility index (Phi) is 2.59. The van der Waals surface area contributed by atoms with Gasteiger partial charge in [-0.1, -0.05) is 34.6 Å². The van der Waals surface area contributed by atoms with Crippen molar-refractivity contribution in [2.75, 3.05) is 0 Å². The summed E-state index contributed by atoms with van der Waals surface area (Å²) in [4.78, 5) is 14.5. The first-order valence-corrected chi connectivity index (χ1v) is 4.74. The van der Waals surface area contributed by atoms with Crippen LogP contribution >= 0.6 is 0 Å². The van der Waals surface area contributed by atoms with Crippen LogP contribution in [0.2, 0.25) is 0 Å². The first-order chi connectivity index (χ1) is 6.66. The summed E-state index contributed by atoms with van der Waals surface area (Å²) in [7, 11) is 0. The van der Waals surface area contributed by atoms with Gasteiger partial charge in [0.1, 0.15) is 0 Å². The second-order valence-corrected chi connectivity index (χ2v) is 5.10. The number of aromatic nitrogens is 2. The fraction of sp³-hybridized carbons (Fsp3) is 0.700. The quantitative estimate of drug-likeness (QED) is 0.812. The monoisotopic (exact) mass is 212 g/mol. The number of hydrogen-bond donors (Lipinski definition) is 1. The Morgan fingerprint density at radius 1 is 1.27 bits per heavy atom. The third-order valence-corrected chi connectivity index (χ3v) is 3.03. The number of aromatic carboxylic acids is 1. The molecule has 0 aliphatic rings. The summed E-state index contributed by atoms with van der Waals surface area (Å²) in [6.45, 7) is 10.0. The average Bonchev–Trinajstić information content (AvgIpc) is 2.49. The van der Waals surface area contributed by atoms with E-state index in [1.807, 2.05) is 34.6 Å². The van der Waals surface area contributed by atoms with Crippen LogP contribution in [0, 0.1) is 5.41 Å². The Bertz CT molecular complexity index is 374. The van der Waals surface area contributed by atoms with Crippen LogP contribution < -0.4 is 0 Å². The molecule has 0 saturated carbocycles. The van der Waals surface area contributed by atoms with Gasteiger partial charge in [-0.05, 0) is 10.6 Å². The molecule has 0 aromatic carbocycles. The van der Waals surface area contributed by atoms with E-state index in [9.17, 15) is 4.79 Å². The molecule has 84 valence electrons. The van der Waals surface area contributed by atoms with E-state index in [2.05, 4.69) is 10.1 Å². The highest BCUT2D eigenvalue weighted by atomic mass is 16.5. The third kappa shape index (κ3) is 2.00. The van der Waals surface area contributed by atoms with Crippen LogP contribution in [0.15, 0.2) is 4.52 Å². The second-order valence-electron chi connectivity index (χ2n) is 5.10. The van der Waals surface area contributed by atoms with E-state index in [1.165, 1.54) is 0 Å². The molecule has 0 spiro atoms. The number of carbonyl (C=O) groups is 1. The van der Waals surface area contributed by atoms with Gasteiger partial charge in [-0.3, -0.25) is 0 Å². The Morgan fingerprint density at radius 2 is 1.80 bits per heavy atom. The van der Waals surface area contributed by atoms with Gasteiger partial charge < -0.3 is 9.63 Å². The van der Waals surface area contributed by atoms with Crippen molar-refractivity contribution in [3.8, 4) is 0 Å². The lowest BCUT2D eigenvalue weighted by Gasteiger charge is -2.35. The van der Waals surface area contributed by atoms with Crippen molar-refractivity contribution in [1.29, 1.82) is 0 Å². The Labute approximate surface area is 88.5 Å². The molecule has 1 N–H and O–H groups in total. The molecule has 0 saturated heterocycles. The predicted octanol–water partition coefficient (Wildman–Crippen LogP) is 2.09. The van der Waals surface area contributed by atoms with Crippen molar-refractivity contribution < 1.29 is 14.4 Å². The molecule has 0 unspecified atom stereocenters. The number of hydrogen-bond acceptors (Lipinski definition) is 4. The highest BCUT2D eigenvalue weighted by Gasteiger charge is 2.39. The fourth-order valence-corrected chi connectivity index (χ4v) is 0.885. The lowest BCUT2D eigenvalue weighted by Crippen LogP contribution is -2.34. The van der Waals surface area contributed by atoms with Crippen molar-refractivity contribution in [3.05, 3.63) is 11.7 Å². The molecule has 0 amide bonds. The minimum absolute atomic E-state index is 0.0880. The predicted molar refractivity (Wildman–Crippen MR) is 53.7 cm³/mol. The molecule has 0 fully saturated rings. The van der Waals surface area contributed by atoms with Crippen molar-refractivity contribution in [1.82, 2.24) is 10.1 Å². The Hall–Kier alpha value is -1.39. The van der Waals surface area contributed by atoms with Crippen LogP contribution in [-0.2, 0) is 5.41 Å². The minimum Gasteiger partial charge on any atom is -0.475 e. The number of rotatable bonds is 2. The van der Waals surface area contributed by atoms with E-state index in [-0.39, 0.29) is 16.7 Å². The third-order valence-electron chi connectivity index (χ3n) is 3.03. The molecule has 1 aromatic heterocycles. The minimum atomic E-state index is -1.17. The lowest BCUT2D eigenvalue weighted by molar-refractivity contribution is 0.0680. The summed E-state index contributed by atoms with van der Waals surface area (Å²) < 4.78 is 4.98. The Morgan fingerprint density at radius 3 is 2.13 bits per heavy atom. The second kappa shape index (κ2) is 3.32. The maximum Gasteiger partial charge on any atom is 0.377 e. The normalized spacial score (nSPS) is 12.9. The lowest BCUT2D eigenvalue weighted by atomic mass is 9.69. The molecule has 0 aliphatic carbocycles. The number of nitrogens with zero attached hydrogens (tertiary/aromatic N) is 2. The van der Waals surface area contributed by atoms with Gasteiger partial charge in [-0.15, -0.1) is 0 Å². The van der Waals surface area contributed by atoms with Crippen molar-refractivity contribution in [3.63, 3.8) is 0 Å². The van der Waals surface area contributed by atoms with Gasteiger partial charge in [0.2, 0.25) is 5.89 Å². The number of carboxylic acid groups (broad SMARTS) is 1. The van der Waals surface area contributed by atoms with E-state index in [4.69, 9.17) is 9.63 Å². The molecule has 1 rings (SSSR count). The summed E-state index contributed by atoms with van der Waals surface area (Å²) >= 11 is 0. The first-order valence-electron chi connectivity index (χ1n) is 4.74. The van der Waals surface area contributed by atoms with Crippen molar-refractivity contribution in [2.45, 2.75) is 40.0 Å². The molecule has 0 atom stereocenters. The van der Waals surface area contributed by atoms with Gasteiger partial charge in [0.15, 0.2) is 0 Å². The van der Waals surface area contributed by atoms with Gasteiger partial charge in [0.05, 0.1) is 0 Å². The first kappa shape index (κ1) is 11.7. The molecule has 0 bridgehead atoms. The maximum atomic E-state index is 10.6. The molecule has 1 aromatic rings. The van der Waals surface area contributed by atoms with Crippen LogP contribution in [-0.4, -0.2) is 21.2 Å². The Balaban J connectivity index is 3.11. The maximum absolute atomic E-state index is 10.6. The van der Waals surface area contributed by atoms with Crippen LogP contribution in [0.5, 0.6) is 0 Å². The zero-order valence-corrected chi connectivity index (χ0v) is 9.66. The molecule has 1 heterocycles. The van der Waals surface area contributed by atoms with Crippen LogP contribution in [0.25, 0.3) is 0 Å². The van der Waals surface area contributed by atoms with Gasteiger partial charge in [0, 0.05) is 5.41 Å². The van der Waals surface area contributed by atoms with Gasteiger partial charge in [-0.25, -0.2) is 4.79 Å². The van der Waals surface area contributed by atoms with E-state index >= 15 is 0 Å². The fourth-order valence-electron chi connectivity index (χ4n) is 0.885. The molecule has 5 nitrogen and oxygen atoms in total. The summed E-state index contributed by atoms with van der Waals surface area (Å²) in [5.74, 6) is -1.11. The van der Waals surface area contributed by atoms with E-state index < -0.39 is 5.97 Å². The smallest absolute Gasteiger partial charge is 0.377 e. The zero-order valence-electron chi connectivity index (χ0n) is 9.66. The summed E-state index contributed by atoms with van der Waals surface area (Å²) in [5.41, 5.74) is -0.455. The molecule has 0 radical (unpaired) electrons. The van der Waals surface area contributed by atoms with Gasteiger partial charge >= 0.3 is 5.97 Å². The topological polar surface area (TPSA) is 76.2 Å². The summed E-state index contributed by atoms with van der Waals surface area (Å²) in [5, 5.41) is 12.1. The molecular weight excluding hydrogens is 196 g/mol. The largest absolute Gasteiger partial charge is 0.475 e. The van der Waals surface area contributed by atoms with Crippen molar-refractivity contribution in [2.24, 2.45) is 5.41 Å². The summed E-state index contributed by atoms with van der Waals surface area (Å²) in [6.07, 6.45) is 0. The van der Waals surface area contributed by atoms with E-state index in [0.29, 0.717) is 5.89 Å². The SMILES string of the molecule is CC(C)(C)C(C)(C)c1nc(C(=O)O)no1. The highest BCUT2D eigenvalue weighted by molar-refractivity contribution is 5.82. The van der Waals surface area contributed by atoms with Crippen molar-refractivity contribution >= 4 is 5.97 Å². The standard InChI is InChI=1S/C10H16N2O3/c1-9(2,3)10(4,5)8-11-6(7(13)14)12-15-8/h1-5H3,(H,13,14). The van der Waals surface area contributed by atoms with E-state index in [1.54, 1.807) is 0 Å². The molecule has 15 heavy (non-hydrogen) atoms. The zero-order chi connectivity index (χ0) is 11.9. The van der Waals surface area contributed by atoms with Gasteiger partial charge in [0.25, 0.3) is 5.82 Å².